The van der Waals surface area contributed by atoms with Crippen LogP contribution in [-0.4, -0.2) is 29.9 Å². The number of aliphatic hydroxyl groups is 1. The normalized spacial score (nSPS) is 13.2. The minimum Gasteiger partial charge on any atom is -0.510 e. The number of aromatic nitrogens is 4. The molecule has 7 heteroatoms. The lowest BCUT2D eigenvalue weighted by Crippen LogP contribution is -2.07. The Balaban J connectivity index is 1.70. The van der Waals surface area contributed by atoms with E-state index in [1.807, 2.05) is 66.1 Å². The van der Waals surface area contributed by atoms with Crippen molar-refractivity contribution in [2.24, 2.45) is 0 Å². The second kappa shape index (κ2) is 7.86. The average Bonchev–Trinajstić information content (AvgIpc) is 3.30. The number of aliphatic hydroxyl groups excluding tert-OH is 1. The molecule has 0 radical (unpaired) electrons. The van der Waals surface area contributed by atoms with Crippen molar-refractivity contribution in [3.05, 3.63) is 72.8 Å². The van der Waals surface area contributed by atoms with Crippen molar-refractivity contribution in [1.29, 1.82) is 5.26 Å². The fourth-order valence-corrected chi connectivity index (χ4v) is 4.17. The Morgan fingerprint density at radius 2 is 1.97 bits per heavy atom. The van der Waals surface area contributed by atoms with Gasteiger partial charge in [-0.3, -0.25) is 0 Å². The molecule has 4 aromatic rings. The molecule has 1 unspecified atom stereocenters. The summed E-state index contributed by atoms with van der Waals surface area (Å²) >= 11 is 1.39. The number of hydrogen-bond acceptors (Lipinski definition) is 5. The Bertz CT molecular complexity index is 1240. The molecular formula is C22H19N5OS. The third-order valence-electron chi connectivity index (χ3n) is 4.59. The van der Waals surface area contributed by atoms with Crippen molar-refractivity contribution < 1.29 is 5.11 Å². The van der Waals surface area contributed by atoms with Gasteiger partial charge in [0.25, 0.3) is 0 Å². The molecule has 0 saturated heterocycles. The molecule has 0 fully saturated rings. The van der Waals surface area contributed by atoms with E-state index in [9.17, 15) is 10.4 Å². The van der Waals surface area contributed by atoms with E-state index in [0.717, 1.165) is 27.2 Å². The molecule has 0 amide bonds. The van der Waals surface area contributed by atoms with Gasteiger partial charge in [-0.2, -0.15) is 5.26 Å². The van der Waals surface area contributed by atoms with Gasteiger partial charge in [-0.1, -0.05) is 42.1 Å². The maximum Gasteiger partial charge on any atom is 0.170 e. The van der Waals surface area contributed by atoms with Crippen LogP contribution in [0.5, 0.6) is 0 Å². The first-order valence-corrected chi connectivity index (χ1v) is 10.0. The number of nitriles is 1. The average molecular weight is 401 g/mol. The zero-order valence-corrected chi connectivity index (χ0v) is 16.6. The van der Waals surface area contributed by atoms with Crippen molar-refractivity contribution >= 4 is 39.4 Å². The van der Waals surface area contributed by atoms with Crippen LogP contribution in [0.3, 0.4) is 0 Å². The summed E-state index contributed by atoms with van der Waals surface area (Å²) in [6.45, 7) is 6.28. The Morgan fingerprint density at radius 1 is 1.24 bits per heavy atom. The number of benzene rings is 2. The maximum absolute atomic E-state index is 10.8. The first-order chi connectivity index (χ1) is 14.1. The van der Waals surface area contributed by atoms with E-state index in [-0.39, 0.29) is 11.3 Å². The van der Waals surface area contributed by atoms with Gasteiger partial charge < -0.3 is 14.7 Å². The zero-order valence-electron chi connectivity index (χ0n) is 15.8. The highest BCUT2D eigenvalue weighted by Crippen LogP contribution is 2.32. The summed E-state index contributed by atoms with van der Waals surface area (Å²) in [5, 5.41) is 20.9. The predicted molar refractivity (Wildman–Crippen MR) is 117 cm³/mol. The van der Waals surface area contributed by atoms with Gasteiger partial charge in [-0.25, -0.2) is 9.97 Å². The number of nitrogens with zero attached hydrogens (tertiary/aromatic N) is 4. The number of thioether (sulfide) groups is 1. The number of nitrogens with one attached hydrogen (secondary N) is 1. The summed E-state index contributed by atoms with van der Waals surface area (Å²) in [4.78, 5) is 12.2. The van der Waals surface area contributed by atoms with Crippen LogP contribution in [0.15, 0.2) is 72.1 Å². The van der Waals surface area contributed by atoms with Gasteiger partial charge in [0.1, 0.15) is 17.4 Å². The van der Waals surface area contributed by atoms with E-state index >= 15 is 0 Å². The second-order valence-electron chi connectivity index (χ2n) is 6.52. The van der Waals surface area contributed by atoms with E-state index in [1.54, 1.807) is 0 Å². The van der Waals surface area contributed by atoms with Crippen LogP contribution in [0.1, 0.15) is 12.7 Å². The van der Waals surface area contributed by atoms with Gasteiger partial charge in [0.05, 0.1) is 27.3 Å². The van der Waals surface area contributed by atoms with Gasteiger partial charge in [-0.05, 0) is 31.2 Å². The lowest BCUT2D eigenvalue weighted by Gasteiger charge is -2.12. The highest BCUT2D eigenvalue weighted by molar-refractivity contribution is 8.00. The Hall–Kier alpha value is -3.50. The molecule has 2 heterocycles. The first kappa shape index (κ1) is 18.8. The standard InChI is InChI=1S/C22H19N5OS/c1-3-12-27-19-11-7-6-10-18(19)26-22(27)29-14(2)20(28)15(13-23)21-24-16-8-4-5-9-17(16)25-21/h3-11,14,28H,1,12H2,2H3,(H,24,25)/b20-15-. The van der Waals surface area contributed by atoms with Crippen LogP contribution in [0, 0.1) is 11.3 Å². The molecule has 0 bridgehead atoms. The molecule has 0 aliphatic carbocycles. The van der Waals surface area contributed by atoms with Crippen molar-refractivity contribution in [1.82, 2.24) is 19.5 Å². The molecule has 0 saturated carbocycles. The molecule has 4 rings (SSSR count). The molecule has 2 aromatic heterocycles. The van der Waals surface area contributed by atoms with Crippen LogP contribution in [0.25, 0.3) is 27.6 Å². The Labute approximate surface area is 172 Å². The fraction of sp³-hybridized carbons (Fsp3) is 0.136. The van der Waals surface area contributed by atoms with Crippen LogP contribution < -0.4 is 0 Å². The highest BCUT2D eigenvalue weighted by Gasteiger charge is 2.21. The van der Waals surface area contributed by atoms with Crippen molar-refractivity contribution in [3.63, 3.8) is 0 Å². The lowest BCUT2D eigenvalue weighted by molar-refractivity contribution is 0.401. The Kier molecular flexibility index (Phi) is 5.10. The number of aromatic amines is 1. The summed E-state index contributed by atoms with van der Waals surface area (Å²) in [5.41, 5.74) is 3.58. The molecule has 6 nitrogen and oxygen atoms in total. The maximum atomic E-state index is 10.8. The quantitative estimate of drug-likeness (QED) is 0.204. The molecule has 0 aliphatic rings. The molecule has 29 heavy (non-hydrogen) atoms. The Morgan fingerprint density at radius 3 is 2.69 bits per heavy atom. The minimum atomic E-state index is -0.391. The van der Waals surface area contributed by atoms with Crippen LogP contribution in [0.2, 0.25) is 0 Å². The van der Waals surface area contributed by atoms with Crippen LogP contribution in [0.4, 0.5) is 0 Å². The largest absolute Gasteiger partial charge is 0.510 e. The molecule has 2 N–H and O–H groups in total. The van der Waals surface area contributed by atoms with E-state index in [4.69, 9.17) is 0 Å². The van der Waals surface area contributed by atoms with E-state index in [0.29, 0.717) is 12.4 Å². The number of fused-ring (bicyclic) bond motifs is 2. The molecule has 1 atom stereocenters. The topological polar surface area (TPSA) is 90.5 Å². The molecule has 0 aliphatic heterocycles. The van der Waals surface area contributed by atoms with E-state index in [2.05, 4.69) is 27.6 Å². The van der Waals surface area contributed by atoms with Crippen molar-refractivity contribution in [2.75, 3.05) is 0 Å². The third kappa shape index (κ3) is 3.50. The van der Waals surface area contributed by atoms with Gasteiger partial charge in [0.15, 0.2) is 11.0 Å². The number of rotatable bonds is 6. The van der Waals surface area contributed by atoms with Crippen LogP contribution >= 0.6 is 11.8 Å². The van der Waals surface area contributed by atoms with Crippen molar-refractivity contribution in [3.8, 4) is 6.07 Å². The summed E-state index contributed by atoms with van der Waals surface area (Å²) in [5.74, 6) is 0.326. The number of allylic oxidation sites excluding steroid dienone is 2. The monoisotopic (exact) mass is 401 g/mol. The first-order valence-electron chi connectivity index (χ1n) is 9.13. The number of para-hydroxylation sites is 4. The number of imidazole rings is 2. The fourth-order valence-electron chi connectivity index (χ4n) is 3.17. The van der Waals surface area contributed by atoms with Gasteiger partial charge in [-0.15, -0.1) is 6.58 Å². The zero-order chi connectivity index (χ0) is 20.4. The number of H-pyrrole nitrogens is 1. The van der Waals surface area contributed by atoms with Crippen molar-refractivity contribution in [2.45, 2.75) is 23.9 Å². The van der Waals surface area contributed by atoms with Crippen LogP contribution in [-0.2, 0) is 6.54 Å². The SMILES string of the molecule is C=CCn1c(SC(C)/C(O)=C(\C#N)c2nc3ccccc3[nH]2)nc2ccccc21. The molecular weight excluding hydrogens is 382 g/mol. The van der Waals surface area contributed by atoms with E-state index < -0.39 is 5.25 Å². The summed E-state index contributed by atoms with van der Waals surface area (Å²) in [6, 6.07) is 17.5. The minimum absolute atomic E-state index is 0.0336. The third-order valence-corrected chi connectivity index (χ3v) is 5.69. The smallest absolute Gasteiger partial charge is 0.170 e. The van der Waals surface area contributed by atoms with Gasteiger partial charge >= 0.3 is 0 Å². The number of hydrogen-bond donors (Lipinski definition) is 2. The summed E-state index contributed by atoms with van der Waals surface area (Å²) < 4.78 is 2.05. The van der Waals surface area contributed by atoms with E-state index in [1.165, 1.54) is 11.8 Å². The lowest BCUT2D eigenvalue weighted by atomic mass is 10.2. The summed E-state index contributed by atoms with van der Waals surface area (Å²) in [6.07, 6.45) is 1.81. The molecule has 144 valence electrons. The highest BCUT2D eigenvalue weighted by atomic mass is 32.2. The predicted octanol–water partition coefficient (Wildman–Crippen LogP) is 5.07. The van der Waals surface area contributed by atoms with Gasteiger partial charge in [0, 0.05) is 6.54 Å². The summed E-state index contributed by atoms with van der Waals surface area (Å²) in [7, 11) is 0. The van der Waals surface area contributed by atoms with Gasteiger partial charge in [0.2, 0.25) is 0 Å². The second-order valence-corrected chi connectivity index (χ2v) is 7.83. The molecule has 0 spiro atoms. The molecule has 2 aromatic carbocycles.